The average molecular weight is 374 g/mol. The first kappa shape index (κ1) is 19.6. The van der Waals surface area contributed by atoms with E-state index < -0.39 is 11.8 Å². The van der Waals surface area contributed by atoms with Gasteiger partial charge in [-0.3, -0.25) is 9.59 Å². The fourth-order valence-corrected chi connectivity index (χ4v) is 4.42. The molecule has 2 fully saturated rings. The number of piperidine rings is 1. The molecule has 2 heterocycles. The third-order valence-electron chi connectivity index (χ3n) is 5.93. The van der Waals surface area contributed by atoms with Crippen LogP contribution in [0.1, 0.15) is 51.0 Å². The van der Waals surface area contributed by atoms with Gasteiger partial charge in [-0.05, 0) is 62.5 Å². The minimum Gasteiger partial charge on any atom is -0.393 e. The highest BCUT2D eigenvalue weighted by Gasteiger charge is 2.39. The predicted molar refractivity (Wildman–Crippen MR) is 104 cm³/mol. The highest BCUT2D eigenvalue weighted by atomic mass is 16.3. The van der Waals surface area contributed by atoms with E-state index in [0.29, 0.717) is 30.4 Å². The molecule has 148 valence electrons. The van der Waals surface area contributed by atoms with Crippen LogP contribution in [0.2, 0.25) is 0 Å². The Bertz CT molecular complexity index is 708. The first-order chi connectivity index (χ1) is 12.8. The van der Waals surface area contributed by atoms with Crippen LogP contribution >= 0.6 is 0 Å². The van der Waals surface area contributed by atoms with Crippen molar-refractivity contribution in [1.82, 2.24) is 9.88 Å². The second-order valence-electron chi connectivity index (χ2n) is 8.17. The number of nitrogens with two attached hydrogens (primary N) is 1. The standard InChI is InChI=1S/C20H30N4O3/c1-12-6-7-17(14-4-3-5-16(25)9-14)24(11-12)20(27)19(26)23-15-8-13(2)18(21)22-10-15/h8,10,12,14,16-17,25H,3-7,9,11H2,1-2H3,(H2,21,22)(H,23,26)/t12-,14-,16+,17+/m0/s1. The number of aromatic nitrogens is 1. The lowest BCUT2D eigenvalue weighted by Gasteiger charge is -2.44. The molecule has 2 amide bonds. The molecule has 1 saturated heterocycles. The van der Waals surface area contributed by atoms with E-state index in [1.54, 1.807) is 17.9 Å². The van der Waals surface area contributed by atoms with Crippen LogP contribution in [0.4, 0.5) is 11.5 Å². The van der Waals surface area contributed by atoms with Crippen molar-refractivity contribution >= 4 is 23.3 Å². The van der Waals surface area contributed by atoms with Crippen molar-refractivity contribution in [3.8, 4) is 0 Å². The zero-order valence-corrected chi connectivity index (χ0v) is 16.1. The van der Waals surface area contributed by atoms with Gasteiger partial charge in [0, 0.05) is 12.6 Å². The number of carbonyl (C=O) groups excluding carboxylic acids is 2. The monoisotopic (exact) mass is 374 g/mol. The van der Waals surface area contributed by atoms with Crippen LogP contribution in [0.15, 0.2) is 12.3 Å². The Balaban J connectivity index is 1.72. The third kappa shape index (κ3) is 4.58. The largest absolute Gasteiger partial charge is 0.393 e. The van der Waals surface area contributed by atoms with Crippen molar-refractivity contribution in [2.24, 2.45) is 11.8 Å². The van der Waals surface area contributed by atoms with E-state index in [1.165, 1.54) is 6.20 Å². The number of hydrogen-bond donors (Lipinski definition) is 3. The van der Waals surface area contributed by atoms with Gasteiger partial charge in [0.2, 0.25) is 0 Å². The van der Waals surface area contributed by atoms with E-state index >= 15 is 0 Å². The number of nitrogens with zero attached hydrogens (tertiary/aromatic N) is 2. The quantitative estimate of drug-likeness (QED) is 0.687. The minimum atomic E-state index is -0.642. The molecular formula is C20H30N4O3. The molecule has 1 aromatic rings. The molecule has 4 N–H and O–H groups in total. The first-order valence-corrected chi connectivity index (χ1v) is 9.87. The molecule has 7 nitrogen and oxygen atoms in total. The summed E-state index contributed by atoms with van der Waals surface area (Å²) in [6.45, 7) is 4.50. The Kier molecular flexibility index (Phi) is 5.99. The molecular weight excluding hydrogens is 344 g/mol. The molecule has 0 spiro atoms. The molecule has 0 aromatic carbocycles. The summed E-state index contributed by atoms with van der Waals surface area (Å²) in [5.74, 6) is -0.108. The van der Waals surface area contributed by atoms with Gasteiger partial charge in [-0.1, -0.05) is 13.3 Å². The zero-order chi connectivity index (χ0) is 19.6. The highest BCUT2D eigenvalue weighted by Crippen LogP contribution is 2.35. The zero-order valence-electron chi connectivity index (χ0n) is 16.1. The second kappa shape index (κ2) is 8.25. The van der Waals surface area contributed by atoms with Crippen molar-refractivity contribution in [1.29, 1.82) is 0 Å². The Morgan fingerprint density at radius 2 is 2.07 bits per heavy atom. The molecule has 1 aliphatic carbocycles. The molecule has 1 saturated carbocycles. The summed E-state index contributed by atoms with van der Waals surface area (Å²) < 4.78 is 0. The van der Waals surface area contributed by atoms with E-state index in [-0.39, 0.29) is 18.1 Å². The lowest BCUT2D eigenvalue weighted by Crippen LogP contribution is -2.53. The molecule has 7 heteroatoms. The Morgan fingerprint density at radius 1 is 1.30 bits per heavy atom. The minimum absolute atomic E-state index is 0.0284. The normalized spacial score (nSPS) is 28.6. The van der Waals surface area contributed by atoms with Crippen LogP contribution in [0, 0.1) is 18.8 Å². The van der Waals surface area contributed by atoms with Crippen molar-refractivity contribution in [2.45, 2.75) is 64.5 Å². The maximum absolute atomic E-state index is 12.9. The van der Waals surface area contributed by atoms with Crippen LogP contribution in [0.3, 0.4) is 0 Å². The van der Waals surface area contributed by atoms with E-state index in [2.05, 4.69) is 17.2 Å². The lowest BCUT2D eigenvalue weighted by atomic mass is 9.77. The number of likely N-dealkylation sites (tertiary alicyclic amines) is 1. The average Bonchev–Trinajstić information content (AvgIpc) is 2.64. The van der Waals surface area contributed by atoms with Crippen molar-refractivity contribution in [3.05, 3.63) is 17.8 Å². The lowest BCUT2D eigenvalue weighted by molar-refractivity contribution is -0.148. The van der Waals surface area contributed by atoms with E-state index in [0.717, 1.165) is 37.7 Å². The number of carbonyl (C=O) groups is 2. The van der Waals surface area contributed by atoms with E-state index in [1.807, 2.05) is 0 Å². The maximum Gasteiger partial charge on any atom is 0.313 e. The van der Waals surface area contributed by atoms with Gasteiger partial charge < -0.3 is 21.1 Å². The number of hydrogen-bond acceptors (Lipinski definition) is 5. The van der Waals surface area contributed by atoms with Gasteiger partial charge in [0.25, 0.3) is 0 Å². The van der Waals surface area contributed by atoms with Crippen LogP contribution in [0.5, 0.6) is 0 Å². The summed E-state index contributed by atoms with van der Waals surface area (Å²) in [7, 11) is 0. The van der Waals surface area contributed by atoms with Gasteiger partial charge in [0.05, 0.1) is 18.0 Å². The highest BCUT2D eigenvalue weighted by molar-refractivity contribution is 6.39. The fourth-order valence-electron chi connectivity index (χ4n) is 4.42. The van der Waals surface area contributed by atoms with Gasteiger partial charge >= 0.3 is 11.8 Å². The van der Waals surface area contributed by atoms with Crippen LogP contribution in [-0.4, -0.2) is 45.5 Å². The summed E-state index contributed by atoms with van der Waals surface area (Å²) in [5, 5.41) is 12.7. The number of anilines is 2. The van der Waals surface area contributed by atoms with Gasteiger partial charge in [-0.15, -0.1) is 0 Å². The molecule has 2 aliphatic rings. The number of nitrogen functional groups attached to an aromatic ring is 1. The van der Waals surface area contributed by atoms with E-state index in [4.69, 9.17) is 5.73 Å². The third-order valence-corrected chi connectivity index (χ3v) is 5.93. The van der Waals surface area contributed by atoms with Crippen molar-refractivity contribution in [2.75, 3.05) is 17.6 Å². The second-order valence-corrected chi connectivity index (χ2v) is 8.17. The van der Waals surface area contributed by atoms with Crippen molar-refractivity contribution in [3.63, 3.8) is 0 Å². The fraction of sp³-hybridized carbons (Fsp3) is 0.650. The molecule has 0 radical (unpaired) electrons. The number of aliphatic hydroxyl groups excluding tert-OH is 1. The topological polar surface area (TPSA) is 109 Å². The summed E-state index contributed by atoms with van der Waals surface area (Å²) in [6, 6.07) is 1.74. The molecule has 27 heavy (non-hydrogen) atoms. The van der Waals surface area contributed by atoms with Gasteiger partial charge in [-0.2, -0.15) is 0 Å². The first-order valence-electron chi connectivity index (χ1n) is 9.87. The number of pyridine rings is 1. The van der Waals surface area contributed by atoms with Crippen molar-refractivity contribution < 1.29 is 14.7 Å². The number of nitrogens with one attached hydrogen (secondary N) is 1. The maximum atomic E-state index is 12.9. The molecule has 0 bridgehead atoms. The summed E-state index contributed by atoms with van der Waals surface area (Å²) >= 11 is 0. The summed E-state index contributed by atoms with van der Waals surface area (Å²) in [4.78, 5) is 31.3. The molecule has 1 aromatic heterocycles. The molecule has 1 aliphatic heterocycles. The predicted octanol–water partition coefficient (Wildman–Crippen LogP) is 2.09. The number of aliphatic hydroxyl groups is 1. The number of amides is 2. The van der Waals surface area contributed by atoms with Crippen LogP contribution < -0.4 is 11.1 Å². The van der Waals surface area contributed by atoms with Crippen LogP contribution in [0.25, 0.3) is 0 Å². The molecule has 0 unspecified atom stereocenters. The van der Waals surface area contributed by atoms with E-state index in [9.17, 15) is 14.7 Å². The van der Waals surface area contributed by atoms with Crippen LogP contribution in [-0.2, 0) is 9.59 Å². The smallest absolute Gasteiger partial charge is 0.313 e. The Hall–Kier alpha value is -2.15. The summed E-state index contributed by atoms with van der Waals surface area (Å²) in [5.41, 5.74) is 6.92. The Morgan fingerprint density at radius 3 is 2.78 bits per heavy atom. The summed E-state index contributed by atoms with van der Waals surface area (Å²) in [6.07, 6.45) is 6.62. The Labute approximate surface area is 160 Å². The molecule has 3 rings (SSSR count). The van der Waals surface area contributed by atoms with Gasteiger partial charge in [0.1, 0.15) is 5.82 Å². The number of aryl methyl sites for hydroxylation is 1. The SMILES string of the molecule is Cc1cc(NC(=O)C(=O)N2C[C@@H](C)CC[C@@H]2[C@H]2CCC[C@@H](O)C2)cnc1N. The number of rotatable bonds is 2. The van der Waals surface area contributed by atoms with Gasteiger partial charge in [-0.25, -0.2) is 4.98 Å². The van der Waals surface area contributed by atoms with Gasteiger partial charge in [0.15, 0.2) is 0 Å². The molecule has 4 atom stereocenters.